The molecule has 19 heavy (non-hydrogen) atoms. The van der Waals surface area contributed by atoms with Crippen LogP contribution in [0.2, 0.25) is 0 Å². The Morgan fingerprint density at radius 3 is 2.00 bits per heavy atom. The fourth-order valence-electron chi connectivity index (χ4n) is 1.82. The normalized spacial score (nSPS) is 15.5. The molecule has 1 aliphatic carbocycles. The Bertz CT molecular complexity index is 542. The van der Waals surface area contributed by atoms with Crippen molar-refractivity contribution < 1.29 is 0 Å². The van der Waals surface area contributed by atoms with Gasteiger partial charge in [0.15, 0.2) is 0 Å². The third-order valence-corrected chi connectivity index (χ3v) is 5.27. The van der Waals surface area contributed by atoms with Gasteiger partial charge in [-0.05, 0) is 53.3 Å². The molecule has 0 bridgehead atoms. The van der Waals surface area contributed by atoms with Gasteiger partial charge in [-0.25, -0.2) is 0 Å². The highest BCUT2D eigenvalue weighted by Gasteiger charge is 2.26. The highest BCUT2D eigenvalue weighted by molar-refractivity contribution is 8.06. The summed E-state index contributed by atoms with van der Waals surface area (Å²) >= 11 is 3.75. The van der Waals surface area contributed by atoms with Crippen LogP contribution in [-0.2, 0) is 0 Å². The number of allylic oxidation sites excluding steroid dienone is 1. The van der Waals surface area contributed by atoms with Crippen molar-refractivity contribution in [2.45, 2.75) is 22.6 Å². The zero-order chi connectivity index (χ0) is 12.9. The minimum absolute atomic E-state index is 0.793. The van der Waals surface area contributed by atoms with Crippen LogP contribution in [0.15, 0.2) is 80.8 Å². The van der Waals surface area contributed by atoms with Crippen LogP contribution in [0.4, 0.5) is 0 Å². The molecule has 0 unspecified atom stereocenters. The first kappa shape index (κ1) is 12.9. The van der Waals surface area contributed by atoms with Gasteiger partial charge in [0.2, 0.25) is 0 Å². The molecule has 0 spiro atoms. The second-order valence-corrected chi connectivity index (χ2v) is 6.73. The molecule has 0 aromatic heterocycles. The fourth-order valence-corrected chi connectivity index (χ4v) is 3.88. The number of benzene rings is 2. The SMILES string of the molecule is C(/Sc1ccccc1)=C(/Sc1ccccc1)C1CC1. The van der Waals surface area contributed by atoms with Crippen LogP contribution < -0.4 is 0 Å². The molecule has 0 N–H and O–H groups in total. The van der Waals surface area contributed by atoms with E-state index in [-0.39, 0.29) is 0 Å². The van der Waals surface area contributed by atoms with Crippen molar-refractivity contribution in [3.8, 4) is 0 Å². The molecule has 0 amide bonds. The molecule has 0 heterocycles. The van der Waals surface area contributed by atoms with Crippen LogP contribution in [0.25, 0.3) is 0 Å². The van der Waals surface area contributed by atoms with E-state index in [0.717, 1.165) is 5.92 Å². The Hall–Kier alpha value is -1.12. The summed E-state index contributed by atoms with van der Waals surface area (Å²) in [5, 5.41) is 2.34. The molecule has 0 radical (unpaired) electrons. The van der Waals surface area contributed by atoms with Crippen LogP contribution in [0.3, 0.4) is 0 Å². The van der Waals surface area contributed by atoms with Crippen molar-refractivity contribution in [3.05, 3.63) is 71.0 Å². The molecule has 2 aromatic rings. The molecule has 3 rings (SSSR count). The lowest BCUT2D eigenvalue weighted by atomic mass is 10.4. The van der Waals surface area contributed by atoms with E-state index < -0.39 is 0 Å². The van der Waals surface area contributed by atoms with Crippen molar-refractivity contribution in [2.75, 3.05) is 0 Å². The maximum absolute atomic E-state index is 2.34. The molecule has 1 aliphatic rings. The Kier molecular flexibility index (Phi) is 4.31. The summed E-state index contributed by atoms with van der Waals surface area (Å²) in [6.07, 6.45) is 2.70. The second kappa shape index (κ2) is 6.36. The smallest absolute Gasteiger partial charge is 0.0119 e. The van der Waals surface area contributed by atoms with Crippen molar-refractivity contribution in [1.29, 1.82) is 0 Å². The number of thioether (sulfide) groups is 2. The van der Waals surface area contributed by atoms with Gasteiger partial charge in [-0.2, -0.15) is 0 Å². The Labute approximate surface area is 123 Å². The highest BCUT2D eigenvalue weighted by Crippen LogP contribution is 2.46. The van der Waals surface area contributed by atoms with Crippen molar-refractivity contribution >= 4 is 23.5 Å². The third-order valence-electron chi connectivity index (χ3n) is 3.01. The molecule has 2 heteroatoms. The largest absolute Gasteiger partial charge is 0.0972 e. The molecule has 1 saturated carbocycles. The van der Waals surface area contributed by atoms with Gasteiger partial charge >= 0.3 is 0 Å². The van der Waals surface area contributed by atoms with E-state index in [9.17, 15) is 0 Å². The first-order chi connectivity index (χ1) is 9.42. The molecule has 2 aromatic carbocycles. The van der Waals surface area contributed by atoms with Gasteiger partial charge in [0.05, 0.1) is 0 Å². The minimum atomic E-state index is 0.793. The summed E-state index contributed by atoms with van der Waals surface area (Å²) in [5.41, 5.74) is 0. The lowest BCUT2D eigenvalue weighted by Crippen LogP contribution is -1.80. The summed E-state index contributed by atoms with van der Waals surface area (Å²) in [5.74, 6) is 0.793. The summed E-state index contributed by atoms with van der Waals surface area (Å²) in [6, 6.07) is 21.3. The molecule has 0 saturated heterocycles. The van der Waals surface area contributed by atoms with Gasteiger partial charge in [0, 0.05) is 9.79 Å². The predicted octanol–water partition coefficient (Wildman–Crippen LogP) is 5.82. The summed E-state index contributed by atoms with van der Waals surface area (Å²) < 4.78 is 0. The number of hydrogen-bond acceptors (Lipinski definition) is 2. The maximum atomic E-state index is 2.34. The van der Waals surface area contributed by atoms with Crippen LogP contribution in [0.5, 0.6) is 0 Å². The van der Waals surface area contributed by atoms with E-state index in [1.807, 2.05) is 23.5 Å². The van der Waals surface area contributed by atoms with E-state index in [0.29, 0.717) is 0 Å². The Morgan fingerprint density at radius 2 is 1.42 bits per heavy atom. The third kappa shape index (κ3) is 3.92. The standard InChI is InChI=1S/C17H16S2/c1-3-7-15(8-4-1)18-13-17(14-11-12-14)19-16-9-5-2-6-10-16/h1-10,13-14H,11-12H2/b17-13-. The average Bonchev–Trinajstić information content (AvgIpc) is 3.30. The maximum Gasteiger partial charge on any atom is 0.0119 e. The van der Waals surface area contributed by atoms with E-state index in [2.05, 4.69) is 66.1 Å². The van der Waals surface area contributed by atoms with Gasteiger partial charge in [0.25, 0.3) is 0 Å². The first-order valence-corrected chi connectivity index (χ1v) is 8.26. The van der Waals surface area contributed by atoms with Gasteiger partial charge in [-0.15, -0.1) is 0 Å². The molecule has 96 valence electrons. The minimum Gasteiger partial charge on any atom is -0.0972 e. The fraction of sp³-hybridized carbons (Fsp3) is 0.176. The van der Waals surface area contributed by atoms with Crippen LogP contribution in [0.1, 0.15) is 12.8 Å². The lowest BCUT2D eigenvalue weighted by molar-refractivity contribution is 1.10. The molecule has 0 atom stereocenters. The molecule has 0 nitrogen and oxygen atoms in total. The Morgan fingerprint density at radius 1 is 0.842 bits per heavy atom. The number of hydrogen-bond donors (Lipinski definition) is 0. The summed E-state index contributed by atoms with van der Waals surface area (Å²) in [4.78, 5) is 4.17. The van der Waals surface area contributed by atoms with Gasteiger partial charge in [-0.3, -0.25) is 0 Å². The summed E-state index contributed by atoms with van der Waals surface area (Å²) in [6.45, 7) is 0. The topological polar surface area (TPSA) is 0 Å². The van der Waals surface area contributed by atoms with Crippen LogP contribution in [0, 0.1) is 5.92 Å². The van der Waals surface area contributed by atoms with E-state index in [1.165, 1.54) is 27.5 Å². The van der Waals surface area contributed by atoms with Crippen LogP contribution in [-0.4, -0.2) is 0 Å². The van der Waals surface area contributed by atoms with Gasteiger partial charge in [-0.1, -0.05) is 59.9 Å². The molecule has 1 fully saturated rings. The zero-order valence-electron chi connectivity index (χ0n) is 10.7. The van der Waals surface area contributed by atoms with Gasteiger partial charge in [0.1, 0.15) is 0 Å². The lowest BCUT2D eigenvalue weighted by Gasteiger charge is -2.06. The van der Waals surface area contributed by atoms with Crippen LogP contribution >= 0.6 is 23.5 Å². The zero-order valence-corrected chi connectivity index (χ0v) is 12.3. The number of rotatable bonds is 5. The van der Waals surface area contributed by atoms with E-state index in [4.69, 9.17) is 0 Å². The molecule has 0 aliphatic heterocycles. The first-order valence-electron chi connectivity index (χ1n) is 6.56. The van der Waals surface area contributed by atoms with Crippen molar-refractivity contribution in [3.63, 3.8) is 0 Å². The molecular weight excluding hydrogens is 268 g/mol. The van der Waals surface area contributed by atoms with Crippen molar-refractivity contribution in [1.82, 2.24) is 0 Å². The average molecular weight is 284 g/mol. The quantitative estimate of drug-likeness (QED) is 0.634. The van der Waals surface area contributed by atoms with E-state index in [1.54, 1.807) is 0 Å². The monoisotopic (exact) mass is 284 g/mol. The van der Waals surface area contributed by atoms with E-state index >= 15 is 0 Å². The summed E-state index contributed by atoms with van der Waals surface area (Å²) in [7, 11) is 0. The highest BCUT2D eigenvalue weighted by atomic mass is 32.2. The predicted molar refractivity (Wildman–Crippen MR) is 85.4 cm³/mol. The Balaban J connectivity index is 1.71. The second-order valence-electron chi connectivity index (χ2n) is 4.64. The van der Waals surface area contributed by atoms with Gasteiger partial charge < -0.3 is 0 Å². The molecular formula is C17H16S2. The van der Waals surface area contributed by atoms with Crippen molar-refractivity contribution in [2.24, 2.45) is 5.92 Å².